The van der Waals surface area contributed by atoms with Gasteiger partial charge in [-0.05, 0) is 50.9 Å². The minimum atomic E-state index is -0.0278. The fourth-order valence-electron chi connectivity index (χ4n) is 3.25. The van der Waals surface area contributed by atoms with Gasteiger partial charge in [-0.3, -0.25) is 4.79 Å². The van der Waals surface area contributed by atoms with Crippen LogP contribution in [0.1, 0.15) is 58.3 Å². The summed E-state index contributed by atoms with van der Waals surface area (Å²) >= 11 is 0. The van der Waals surface area contributed by atoms with Crippen LogP contribution >= 0.6 is 0 Å². The molecule has 2 aliphatic rings. The SMILES string of the molecule is CCOC(=O)CC1CCC(CCC2OCCCO2)CC1. The van der Waals surface area contributed by atoms with Gasteiger partial charge in [0.15, 0.2) is 6.29 Å². The summed E-state index contributed by atoms with van der Waals surface area (Å²) in [5, 5.41) is 0. The van der Waals surface area contributed by atoms with Crippen molar-refractivity contribution in [2.75, 3.05) is 19.8 Å². The Morgan fingerprint density at radius 1 is 1.05 bits per heavy atom. The molecule has 0 aromatic heterocycles. The van der Waals surface area contributed by atoms with Crippen molar-refractivity contribution in [1.82, 2.24) is 0 Å². The monoisotopic (exact) mass is 284 g/mol. The third-order valence-corrected chi connectivity index (χ3v) is 4.43. The number of hydrogen-bond donors (Lipinski definition) is 0. The van der Waals surface area contributed by atoms with Crippen molar-refractivity contribution in [1.29, 1.82) is 0 Å². The fourth-order valence-corrected chi connectivity index (χ4v) is 3.25. The summed E-state index contributed by atoms with van der Waals surface area (Å²) < 4.78 is 16.2. The van der Waals surface area contributed by atoms with Crippen molar-refractivity contribution in [3.8, 4) is 0 Å². The quantitative estimate of drug-likeness (QED) is 0.702. The van der Waals surface area contributed by atoms with E-state index in [4.69, 9.17) is 14.2 Å². The van der Waals surface area contributed by atoms with Crippen molar-refractivity contribution >= 4 is 5.97 Å². The molecule has 20 heavy (non-hydrogen) atoms. The summed E-state index contributed by atoms with van der Waals surface area (Å²) in [6.07, 6.45) is 8.66. The predicted molar refractivity (Wildman–Crippen MR) is 76.2 cm³/mol. The van der Waals surface area contributed by atoms with Gasteiger partial charge in [-0.1, -0.05) is 12.8 Å². The van der Waals surface area contributed by atoms with Gasteiger partial charge < -0.3 is 14.2 Å². The maximum atomic E-state index is 11.5. The summed E-state index contributed by atoms with van der Waals surface area (Å²) in [5.74, 6) is 1.29. The average molecular weight is 284 g/mol. The second kappa shape index (κ2) is 8.63. The van der Waals surface area contributed by atoms with Crippen molar-refractivity contribution in [3.63, 3.8) is 0 Å². The molecule has 4 heteroatoms. The topological polar surface area (TPSA) is 44.8 Å². The number of esters is 1. The minimum absolute atomic E-state index is 0.0278. The van der Waals surface area contributed by atoms with Gasteiger partial charge in [0.1, 0.15) is 0 Å². The highest BCUT2D eigenvalue weighted by molar-refractivity contribution is 5.69. The first-order valence-corrected chi connectivity index (χ1v) is 8.16. The van der Waals surface area contributed by atoms with Crippen molar-refractivity contribution in [3.05, 3.63) is 0 Å². The molecule has 0 aromatic rings. The molecule has 2 rings (SSSR count). The van der Waals surface area contributed by atoms with Gasteiger partial charge in [0.2, 0.25) is 0 Å². The Kier molecular flexibility index (Phi) is 6.80. The van der Waals surface area contributed by atoms with E-state index in [9.17, 15) is 4.79 Å². The molecule has 0 spiro atoms. The first-order chi connectivity index (χ1) is 9.78. The summed E-state index contributed by atoms with van der Waals surface area (Å²) in [5.41, 5.74) is 0. The molecule has 1 saturated carbocycles. The van der Waals surface area contributed by atoms with Gasteiger partial charge in [-0.2, -0.15) is 0 Å². The normalized spacial score (nSPS) is 28.2. The van der Waals surface area contributed by atoms with E-state index in [2.05, 4.69) is 0 Å². The number of carbonyl (C=O) groups is 1. The molecular formula is C16H28O4. The third kappa shape index (κ3) is 5.41. The molecule has 0 N–H and O–H groups in total. The zero-order valence-electron chi connectivity index (χ0n) is 12.6. The van der Waals surface area contributed by atoms with Crippen LogP contribution in [-0.4, -0.2) is 32.1 Å². The predicted octanol–water partition coefficient (Wildman–Crippen LogP) is 3.29. The van der Waals surface area contributed by atoms with E-state index < -0.39 is 0 Å². The maximum absolute atomic E-state index is 11.5. The highest BCUT2D eigenvalue weighted by Crippen LogP contribution is 2.34. The molecule has 0 radical (unpaired) electrons. The van der Waals surface area contributed by atoms with Crippen LogP contribution in [0.3, 0.4) is 0 Å². The van der Waals surface area contributed by atoms with Crippen LogP contribution in [0.15, 0.2) is 0 Å². The number of rotatable bonds is 6. The van der Waals surface area contributed by atoms with Crippen molar-refractivity contribution in [2.24, 2.45) is 11.8 Å². The first kappa shape index (κ1) is 15.8. The summed E-state index contributed by atoms with van der Waals surface area (Å²) in [7, 11) is 0. The molecule has 1 aliphatic carbocycles. The molecule has 1 heterocycles. The van der Waals surface area contributed by atoms with Crippen LogP contribution < -0.4 is 0 Å². The molecule has 4 nitrogen and oxygen atoms in total. The molecular weight excluding hydrogens is 256 g/mol. The molecule has 0 amide bonds. The van der Waals surface area contributed by atoms with Crippen LogP contribution in [0.25, 0.3) is 0 Å². The largest absolute Gasteiger partial charge is 0.466 e. The zero-order chi connectivity index (χ0) is 14.2. The summed E-state index contributed by atoms with van der Waals surface area (Å²) in [4.78, 5) is 11.5. The second-order valence-corrected chi connectivity index (χ2v) is 6.00. The van der Waals surface area contributed by atoms with Gasteiger partial charge in [0, 0.05) is 6.42 Å². The minimum Gasteiger partial charge on any atom is -0.466 e. The molecule has 0 atom stereocenters. The van der Waals surface area contributed by atoms with Gasteiger partial charge >= 0.3 is 5.97 Å². The molecule has 116 valence electrons. The van der Waals surface area contributed by atoms with Crippen LogP contribution in [0.4, 0.5) is 0 Å². The van der Waals surface area contributed by atoms with E-state index in [1.807, 2.05) is 6.92 Å². The first-order valence-electron chi connectivity index (χ1n) is 8.16. The average Bonchev–Trinajstić information content (AvgIpc) is 2.48. The molecule has 0 unspecified atom stereocenters. The number of carbonyl (C=O) groups excluding carboxylic acids is 1. The molecule has 1 aliphatic heterocycles. The van der Waals surface area contributed by atoms with Crippen LogP contribution in [0.5, 0.6) is 0 Å². The van der Waals surface area contributed by atoms with Gasteiger partial charge in [0.25, 0.3) is 0 Å². The summed E-state index contributed by atoms with van der Waals surface area (Å²) in [6, 6.07) is 0. The molecule has 2 fully saturated rings. The Morgan fingerprint density at radius 3 is 2.35 bits per heavy atom. The van der Waals surface area contributed by atoms with Crippen LogP contribution in [-0.2, 0) is 19.0 Å². The lowest BCUT2D eigenvalue weighted by Gasteiger charge is -2.30. The van der Waals surface area contributed by atoms with Crippen LogP contribution in [0.2, 0.25) is 0 Å². The number of ether oxygens (including phenoxy) is 3. The van der Waals surface area contributed by atoms with E-state index in [1.165, 1.54) is 19.3 Å². The Balaban J connectivity index is 1.58. The highest BCUT2D eigenvalue weighted by atomic mass is 16.7. The van der Waals surface area contributed by atoms with E-state index in [-0.39, 0.29) is 12.3 Å². The van der Waals surface area contributed by atoms with Crippen LogP contribution in [0, 0.1) is 11.8 Å². The molecule has 1 saturated heterocycles. The van der Waals surface area contributed by atoms with Gasteiger partial charge in [-0.15, -0.1) is 0 Å². The van der Waals surface area contributed by atoms with Crippen molar-refractivity contribution < 1.29 is 19.0 Å². The van der Waals surface area contributed by atoms with E-state index >= 15 is 0 Å². The third-order valence-electron chi connectivity index (χ3n) is 4.43. The lowest BCUT2D eigenvalue weighted by Crippen LogP contribution is -2.26. The standard InChI is InChI=1S/C16H28O4/c1-2-18-15(17)12-14-6-4-13(5-7-14)8-9-16-19-10-3-11-20-16/h13-14,16H,2-12H2,1H3. The smallest absolute Gasteiger partial charge is 0.306 e. The van der Waals surface area contributed by atoms with Gasteiger partial charge in [-0.25, -0.2) is 0 Å². The maximum Gasteiger partial charge on any atom is 0.306 e. The molecule has 0 bridgehead atoms. The highest BCUT2D eigenvalue weighted by Gasteiger charge is 2.24. The van der Waals surface area contributed by atoms with Crippen molar-refractivity contribution in [2.45, 2.75) is 64.6 Å². The Labute approximate surface area is 122 Å². The Morgan fingerprint density at radius 2 is 1.70 bits per heavy atom. The number of hydrogen-bond acceptors (Lipinski definition) is 4. The summed E-state index contributed by atoms with van der Waals surface area (Å²) in [6.45, 7) is 4.05. The fraction of sp³-hybridized carbons (Fsp3) is 0.938. The Bertz CT molecular complexity index is 278. The Hall–Kier alpha value is -0.610. The zero-order valence-corrected chi connectivity index (χ0v) is 12.6. The van der Waals surface area contributed by atoms with E-state index in [0.717, 1.165) is 44.8 Å². The molecule has 0 aromatic carbocycles. The van der Waals surface area contributed by atoms with Gasteiger partial charge in [0.05, 0.1) is 19.8 Å². The lowest BCUT2D eigenvalue weighted by molar-refractivity contribution is -0.182. The lowest BCUT2D eigenvalue weighted by atomic mass is 9.79. The second-order valence-electron chi connectivity index (χ2n) is 6.00. The van der Waals surface area contributed by atoms with E-state index in [1.54, 1.807) is 0 Å². The van der Waals surface area contributed by atoms with E-state index in [0.29, 0.717) is 18.9 Å².